The maximum atomic E-state index is 5.94. The third kappa shape index (κ3) is 5.07. The average Bonchev–Trinajstić information content (AvgIpc) is 2.29. The molecule has 0 saturated carbocycles. The Kier molecular flexibility index (Phi) is 6.16. The monoisotopic (exact) mass is 251 g/mol. The van der Waals surface area contributed by atoms with Gasteiger partial charge in [-0.15, -0.1) is 0 Å². The smallest absolute Gasteiger partial charge is 0.124 e. The summed E-state index contributed by atoms with van der Waals surface area (Å²) < 4.78 is 11.2. The van der Waals surface area contributed by atoms with Gasteiger partial charge in [-0.3, -0.25) is 0 Å². The topological polar surface area (TPSA) is 44.5 Å². The molecule has 1 aromatic rings. The summed E-state index contributed by atoms with van der Waals surface area (Å²) in [5, 5.41) is 0. The molecule has 1 aromatic carbocycles. The molecule has 0 aliphatic heterocycles. The second kappa shape index (κ2) is 7.39. The molecule has 3 nitrogen and oxygen atoms in total. The van der Waals surface area contributed by atoms with Gasteiger partial charge in [0.05, 0.1) is 6.61 Å². The van der Waals surface area contributed by atoms with Crippen LogP contribution in [0.1, 0.15) is 37.9 Å². The molecule has 102 valence electrons. The normalized spacial score (nSPS) is 12.8. The van der Waals surface area contributed by atoms with Crippen molar-refractivity contribution in [2.75, 3.05) is 19.8 Å². The number of benzene rings is 1. The fraction of sp³-hybridized carbons (Fsp3) is 0.600. The zero-order chi connectivity index (χ0) is 13.5. The van der Waals surface area contributed by atoms with Crippen LogP contribution >= 0.6 is 0 Å². The van der Waals surface area contributed by atoms with Gasteiger partial charge in [0.15, 0.2) is 0 Å². The van der Waals surface area contributed by atoms with Crippen LogP contribution < -0.4 is 10.5 Å². The Morgan fingerprint density at radius 3 is 2.50 bits per heavy atom. The van der Waals surface area contributed by atoms with E-state index in [1.807, 2.05) is 19.1 Å². The second-order valence-electron chi connectivity index (χ2n) is 5.15. The van der Waals surface area contributed by atoms with Crippen LogP contribution in [-0.4, -0.2) is 19.8 Å². The SMILES string of the molecule is Cc1ccc(OCCOCC(C)C)c([C@@H](C)N)c1. The molecule has 0 heterocycles. The van der Waals surface area contributed by atoms with Gasteiger partial charge in [0.1, 0.15) is 12.4 Å². The lowest BCUT2D eigenvalue weighted by atomic mass is 10.1. The number of aryl methyl sites for hydroxylation is 1. The van der Waals surface area contributed by atoms with Gasteiger partial charge in [-0.05, 0) is 25.8 Å². The Balaban J connectivity index is 2.46. The van der Waals surface area contributed by atoms with E-state index in [-0.39, 0.29) is 6.04 Å². The van der Waals surface area contributed by atoms with Gasteiger partial charge in [-0.25, -0.2) is 0 Å². The van der Waals surface area contributed by atoms with Crippen molar-refractivity contribution in [3.63, 3.8) is 0 Å². The van der Waals surface area contributed by atoms with Gasteiger partial charge in [0, 0.05) is 18.2 Å². The summed E-state index contributed by atoms with van der Waals surface area (Å²) in [6.07, 6.45) is 0. The number of hydrogen-bond donors (Lipinski definition) is 1. The standard InChI is InChI=1S/C15H25NO2/c1-11(2)10-17-7-8-18-15-6-5-12(3)9-14(15)13(4)16/h5-6,9,11,13H,7-8,10,16H2,1-4H3/t13-/m1/s1. The zero-order valence-electron chi connectivity index (χ0n) is 11.9. The van der Waals surface area contributed by atoms with E-state index in [1.165, 1.54) is 5.56 Å². The number of hydrogen-bond acceptors (Lipinski definition) is 3. The summed E-state index contributed by atoms with van der Waals surface area (Å²) in [7, 11) is 0. The van der Waals surface area contributed by atoms with Gasteiger partial charge >= 0.3 is 0 Å². The first-order valence-electron chi connectivity index (χ1n) is 6.57. The molecule has 0 aliphatic rings. The minimum atomic E-state index is -0.0171. The molecule has 0 radical (unpaired) electrons. The quantitative estimate of drug-likeness (QED) is 0.757. The van der Waals surface area contributed by atoms with Gasteiger partial charge in [0.2, 0.25) is 0 Å². The van der Waals surface area contributed by atoms with Crippen LogP contribution in [0.4, 0.5) is 0 Å². The maximum Gasteiger partial charge on any atom is 0.124 e. The number of nitrogens with two attached hydrogens (primary N) is 1. The first-order chi connectivity index (χ1) is 8.50. The van der Waals surface area contributed by atoms with E-state index in [4.69, 9.17) is 15.2 Å². The minimum absolute atomic E-state index is 0.0171. The van der Waals surface area contributed by atoms with E-state index >= 15 is 0 Å². The molecule has 3 heteroatoms. The van der Waals surface area contributed by atoms with E-state index in [2.05, 4.69) is 26.8 Å². The molecule has 0 amide bonds. The second-order valence-corrected chi connectivity index (χ2v) is 5.15. The van der Waals surface area contributed by atoms with Crippen LogP contribution in [0.3, 0.4) is 0 Å². The van der Waals surface area contributed by atoms with E-state index in [0.29, 0.717) is 19.1 Å². The Labute approximate surface area is 110 Å². The van der Waals surface area contributed by atoms with Gasteiger partial charge in [-0.1, -0.05) is 31.5 Å². The molecule has 0 aromatic heterocycles. The van der Waals surface area contributed by atoms with Crippen molar-refractivity contribution in [3.8, 4) is 5.75 Å². The summed E-state index contributed by atoms with van der Waals surface area (Å²) in [5.41, 5.74) is 8.20. The third-order valence-corrected chi connectivity index (χ3v) is 2.59. The summed E-state index contributed by atoms with van der Waals surface area (Å²) in [4.78, 5) is 0. The Bertz CT molecular complexity index is 362. The first-order valence-corrected chi connectivity index (χ1v) is 6.57. The van der Waals surface area contributed by atoms with E-state index in [9.17, 15) is 0 Å². The number of ether oxygens (including phenoxy) is 2. The van der Waals surface area contributed by atoms with Crippen LogP contribution in [0.2, 0.25) is 0 Å². The van der Waals surface area contributed by atoms with Crippen LogP contribution in [0.15, 0.2) is 18.2 Å². The molecule has 1 atom stereocenters. The van der Waals surface area contributed by atoms with E-state index in [1.54, 1.807) is 0 Å². The van der Waals surface area contributed by atoms with Crippen LogP contribution in [-0.2, 0) is 4.74 Å². The summed E-state index contributed by atoms with van der Waals surface area (Å²) >= 11 is 0. The van der Waals surface area contributed by atoms with E-state index in [0.717, 1.165) is 17.9 Å². The molecular weight excluding hydrogens is 226 g/mol. The summed E-state index contributed by atoms with van der Waals surface area (Å²) in [5.74, 6) is 1.42. The fourth-order valence-electron chi connectivity index (χ4n) is 1.68. The lowest BCUT2D eigenvalue weighted by Gasteiger charge is -2.15. The average molecular weight is 251 g/mol. The molecule has 0 unspecified atom stereocenters. The van der Waals surface area contributed by atoms with Gasteiger partial charge in [0.25, 0.3) is 0 Å². The highest BCUT2D eigenvalue weighted by Crippen LogP contribution is 2.24. The molecule has 2 N–H and O–H groups in total. The van der Waals surface area contributed by atoms with Crippen LogP contribution in [0.5, 0.6) is 5.75 Å². The molecule has 0 aliphatic carbocycles. The zero-order valence-corrected chi connectivity index (χ0v) is 11.9. The fourth-order valence-corrected chi connectivity index (χ4v) is 1.68. The molecule has 0 spiro atoms. The molecule has 0 bridgehead atoms. The van der Waals surface area contributed by atoms with Crippen molar-refractivity contribution in [2.24, 2.45) is 11.7 Å². The van der Waals surface area contributed by atoms with Crippen molar-refractivity contribution in [3.05, 3.63) is 29.3 Å². The lowest BCUT2D eigenvalue weighted by Crippen LogP contribution is -2.13. The minimum Gasteiger partial charge on any atom is -0.491 e. The van der Waals surface area contributed by atoms with E-state index < -0.39 is 0 Å². The Morgan fingerprint density at radius 1 is 1.17 bits per heavy atom. The van der Waals surface area contributed by atoms with Crippen molar-refractivity contribution >= 4 is 0 Å². The van der Waals surface area contributed by atoms with Crippen molar-refractivity contribution in [1.82, 2.24) is 0 Å². The summed E-state index contributed by atoms with van der Waals surface area (Å²) in [6, 6.07) is 6.08. The van der Waals surface area contributed by atoms with Gasteiger partial charge < -0.3 is 15.2 Å². The highest BCUT2D eigenvalue weighted by atomic mass is 16.5. The Morgan fingerprint density at radius 2 is 1.89 bits per heavy atom. The van der Waals surface area contributed by atoms with Crippen LogP contribution in [0.25, 0.3) is 0 Å². The predicted molar refractivity (Wildman–Crippen MR) is 74.9 cm³/mol. The third-order valence-electron chi connectivity index (χ3n) is 2.59. The molecule has 1 rings (SSSR count). The highest BCUT2D eigenvalue weighted by molar-refractivity contribution is 5.38. The van der Waals surface area contributed by atoms with Crippen molar-refractivity contribution in [1.29, 1.82) is 0 Å². The largest absolute Gasteiger partial charge is 0.491 e. The molecular formula is C15H25NO2. The Hall–Kier alpha value is -1.06. The molecule has 0 fully saturated rings. The highest BCUT2D eigenvalue weighted by Gasteiger charge is 2.08. The van der Waals surface area contributed by atoms with Crippen molar-refractivity contribution in [2.45, 2.75) is 33.7 Å². The van der Waals surface area contributed by atoms with Crippen LogP contribution in [0, 0.1) is 12.8 Å². The molecule has 18 heavy (non-hydrogen) atoms. The first kappa shape index (κ1) is 15.0. The van der Waals surface area contributed by atoms with Gasteiger partial charge in [-0.2, -0.15) is 0 Å². The summed E-state index contributed by atoms with van der Waals surface area (Å²) in [6.45, 7) is 10.2. The number of rotatable bonds is 7. The predicted octanol–water partition coefficient (Wildman–Crippen LogP) is 3.07. The van der Waals surface area contributed by atoms with Crippen molar-refractivity contribution < 1.29 is 9.47 Å². The molecule has 0 saturated heterocycles. The lowest BCUT2D eigenvalue weighted by molar-refractivity contribution is 0.0815. The maximum absolute atomic E-state index is 5.94.